The van der Waals surface area contributed by atoms with Crippen molar-refractivity contribution in [1.29, 1.82) is 0 Å². The summed E-state index contributed by atoms with van der Waals surface area (Å²) in [7, 11) is -7.73. The molecule has 0 radical (unpaired) electrons. The van der Waals surface area contributed by atoms with Crippen LogP contribution in [0.15, 0.2) is 40.3 Å². The zero-order chi connectivity index (χ0) is 16.7. The van der Waals surface area contributed by atoms with Gasteiger partial charge in [0.15, 0.2) is 14.9 Å². The van der Waals surface area contributed by atoms with Crippen LogP contribution in [-0.4, -0.2) is 32.9 Å². The zero-order valence-electron chi connectivity index (χ0n) is 11.1. The van der Waals surface area contributed by atoms with Crippen LogP contribution in [0.4, 0.5) is 8.78 Å². The average molecular weight is 351 g/mol. The number of hydrogen-bond acceptors (Lipinski definition) is 5. The molecule has 2 N–H and O–H groups in total. The molecule has 0 aliphatic rings. The van der Waals surface area contributed by atoms with Gasteiger partial charge in [-0.25, -0.2) is 35.4 Å². The molecule has 0 spiro atoms. The van der Waals surface area contributed by atoms with Crippen molar-refractivity contribution >= 4 is 19.9 Å². The van der Waals surface area contributed by atoms with Crippen LogP contribution in [0.2, 0.25) is 0 Å². The number of aromatic nitrogens is 2. The summed E-state index contributed by atoms with van der Waals surface area (Å²) in [5.41, 5.74) is -0.587. The second-order valence-corrected chi connectivity index (χ2v) is 7.96. The van der Waals surface area contributed by atoms with Crippen LogP contribution in [0.25, 0.3) is 5.69 Å². The van der Waals surface area contributed by atoms with Gasteiger partial charge in [-0.3, -0.25) is 0 Å². The van der Waals surface area contributed by atoms with Gasteiger partial charge in [-0.05, 0) is 24.3 Å². The summed E-state index contributed by atoms with van der Waals surface area (Å²) >= 11 is 0. The Kier molecular flexibility index (Phi) is 4.06. The third kappa shape index (κ3) is 3.31. The van der Waals surface area contributed by atoms with Gasteiger partial charge in [-0.2, -0.15) is 5.10 Å². The molecular formula is C11H11F2N3O4S2. The lowest BCUT2D eigenvalue weighted by atomic mass is 10.3. The van der Waals surface area contributed by atoms with Crippen molar-refractivity contribution in [1.82, 2.24) is 9.78 Å². The second kappa shape index (κ2) is 5.41. The van der Waals surface area contributed by atoms with Crippen LogP contribution in [0.1, 0.15) is 12.1 Å². The highest BCUT2D eigenvalue weighted by Gasteiger charge is 2.22. The first kappa shape index (κ1) is 16.5. The zero-order valence-corrected chi connectivity index (χ0v) is 12.8. The maximum atomic E-state index is 12.7. The summed E-state index contributed by atoms with van der Waals surface area (Å²) in [6.07, 6.45) is -2.08. The van der Waals surface area contributed by atoms with Crippen LogP contribution >= 0.6 is 0 Å². The van der Waals surface area contributed by atoms with Crippen LogP contribution in [0.5, 0.6) is 0 Å². The number of sulfone groups is 1. The van der Waals surface area contributed by atoms with Gasteiger partial charge in [0.25, 0.3) is 6.43 Å². The van der Waals surface area contributed by atoms with E-state index < -0.39 is 37.0 Å². The maximum Gasteiger partial charge on any atom is 0.282 e. The molecule has 1 aromatic carbocycles. The molecule has 0 atom stereocenters. The lowest BCUT2D eigenvalue weighted by Gasteiger charge is -2.06. The predicted octanol–water partition coefficient (Wildman–Crippen LogP) is 0.861. The van der Waals surface area contributed by atoms with Crippen molar-refractivity contribution in [3.05, 3.63) is 36.0 Å². The van der Waals surface area contributed by atoms with Crippen molar-refractivity contribution in [2.45, 2.75) is 16.3 Å². The van der Waals surface area contributed by atoms with Gasteiger partial charge in [0.05, 0.1) is 10.6 Å². The SMILES string of the molecule is CS(=O)(=O)c1cc(C(F)F)nn1-c1ccc(S(N)(=O)=O)cc1. The Hall–Kier alpha value is -1.85. The van der Waals surface area contributed by atoms with E-state index >= 15 is 0 Å². The van der Waals surface area contributed by atoms with E-state index in [-0.39, 0.29) is 10.6 Å². The van der Waals surface area contributed by atoms with E-state index in [4.69, 9.17) is 5.14 Å². The molecule has 120 valence electrons. The fourth-order valence-electron chi connectivity index (χ4n) is 1.71. The number of benzene rings is 1. The minimum atomic E-state index is -3.92. The molecule has 2 rings (SSSR count). The van der Waals surface area contributed by atoms with Gasteiger partial charge in [0.1, 0.15) is 5.69 Å². The molecule has 0 unspecified atom stereocenters. The highest BCUT2D eigenvalue weighted by molar-refractivity contribution is 7.90. The molecule has 22 heavy (non-hydrogen) atoms. The van der Waals surface area contributed by atoms with Crippen LogP contribution in [-0.2, 0) is 19.9 Å². The molecule has 1 aromatic heterocycles. The molecule has 2 aromatic rings. The highest BCUT2D eigenvalue weighted by Crippen LogP contribution is 2.24. The van der Waals surface area contributed by atoms with Gasteiger partial charge >= 0.3 is 0 Å². The quantitative estimate of drug-likeness (QED) is 0.878. The molecule has 0 fully saturated rings. The van der Waals surface area contributed by atoms with E-state index in [0.29, 0.717) is 0 Å². The molecule has 0 saturated carbocycles. The number of halogens is 2. The Bertz CT molecular complexity index is 903. The molecule has 1 heterocycles. The first-order valence-electron chi connectivity index (χ1n) is 5.71. The Morgan fingerprint density at radius 3 is 2.09 bits per heavy atom. The predicted molar refractivity (Wildman–Crippen MR) is 73.0 cm³/mol. The van der Waals surface area contributed by atoms with E-state index in [1.807, 2.05) is 0 Å². The highest BCUT2D eigenvalue weighted by atomic mass is 32.2. The minimum absolute atomic E-state index is 0.111. The summed E-state index contributed by atoms with van der Waals surface area (Å²) in [4.78, 5) is -0.196. The third-order valence-corrected chi connectivity index (χ3v) is 4.69. The van der Waals surface area contributed by atoms with E-state index in [9.17, 15) is 25.6 Å². The standard InChI is InChI=1S/C11H11F2N3O4S2/c1-21(17,18)10-6-9(11(12)13)15-16(10)7-2-4-8(5-3-7)22(14,19)20/h2-6,11H,1H3,(H2,14,19,20). The molecule has 11 heteroatoms. The number of primary sulfonamides is 1. The summed E-state index contributed by atoms with van der Waals surface area (Å²) in [5.74, 6) is 0. The molecule has 0 aliphatic carbocycles. The summed E-state index contributed by atoms with van der Waals surface area (Å²) in [5, 5.41) is 8.06. The Morgan fingerprint density at radius 1 is 1.14 bits per heavy atom. The molecule has 0 bridgehead atoms. The fourth-order valence-corrected chi connectivity index (χ4v) is 3.02. The third-order valence-electron chi connectivity index (χ3n) is 2.71. The lowest BCUT2D eigenvalue weighted by Crippen LogP contribution is -2.12. The average Bonchev–Trinajstić information content (AvgIpc) is 2.83. The smallest absolute Gasteiger partial charge is 0.225 e. The molecular weight excluding hydrogens is 340 g/mol. The lowest BCUT2D eigenvalue weighted by molar-refractivity contribution is 0.145. The van der Waals surface area contributed by atoms with E-state index in [0.717, 1.165) is 29.1 Å². The monoisotopic (exact) mass is 351 g/mol. The normalized spacial score (nSPS) is 12.8. The van der Waals surface area contributed by atoms with E-state index in [2.05, 4.69) is 5.10 Å². The molecule has 0 saturated heterocycles. The fraction of sp³-hybridized carbons (Fsp3) is 0.182. The summed E-state index contributed by atoms with van der Waals surface area (Å²) in [6, 6.07) is 5.46. The maximum absolute atomic E-state index is 12.7. The van der Waals surface area contributed by atoms with Gasteiger partial charge in [-0.1, -0.05) is 0 Å². The number of alkyl halides is 2. The Morgan fingerprint density at radius 2 is 1.68 bits per heavy atom. The van der Waals surface area contributed by atoms with Crippen molar-refractivity contribution in [3.63, 3.8) is 0 Å². The van der Waals surface area contributed by atoms with Gasteiger partial charge in [0, 0.05) is 12.3 Å². The van der Waals surface area contributed by atoms with Crippen molar-refractivity contribution < 1.29 is 25.6 Å². The topological polar surface area (TPSA) is 112 Å². The molecule has 0 amide bonds. The van der Waals surface area contributed by atoms with E-state index in [1.54, 1.807) is 0 Å². The number of nitrogens with zero attached hydrogens (tertiary/aromatic N) is 2. The first-order chi connectivity index (χ1) is 10.00. The summed E-state index contributed by atoms with van der Waals surface area (Å²) in [6.45, 7) is 0. The van der Waals surface area contributed by atoms with Gasteiger partial charge in [0.2, 0.25) is 10.0 Å². The van der Waals surface area contributed by atoms with Crippen molar-refractivity contribution in [2.24, 2.45) is 5.14 Å². The van der Waals surface area contributed by atoms with Crippen molar-refractivity contribution in [2.75, 3.05) is 6.26 Å². The minimum Gasteiger partial charge on any atom is -0.225 e. The van der Waals surface area contributed by atoms with Gasteiger partial charge < -0.3 is 0 Å². The molecule has 7 nitrogen and oxygen atoms in total. The number of sulfonamides is 1. The largest absolute Gasteiger partial charge is 0.282 e. The van der Waals surface area contributed by atoms with E-state index in [1.165, 1.54) is 12.1 Å². The van der Waals surface area contributed by atoms with Crippen LogP contribution < -0.4 is 5.14 Å². The Labute approximate surface area is 125 Å². The van der Waals surface area contributed by atoms with Crippen molar-refractivity contribution in [3.8, 4) is 5.69 Å². The molecule has 0 aliphatic heterocycles. The number of hydrogen-bond donors (Lipinski definition) is 1. The van der Waals surface area contributed by atoms with Crippen LogP contribution in [0.3, 0.4) is 0 Å². The van der Waals surface area contributed by atoms with Crippen LogP contribution in [0, 0.1) is 0 Å². The Balaban J connectivity index is 2.62. The number of nitrogens with two attached hydrogens (primary N) is 1. The second-order valence-electron chi connectivity index (χ2n) is 4.43. The first-order valence-corrected chi connectivity index (χ1v) is 9.15. The summed E-state index contributed by atoms with van der Waals surface area (Å²) < 4.78 is 71.9. The van der Waals surface area contributed by atoms with Gasteiger partial charge in [-0.15, -0.1) is 0 Å². The number of rotatable bonds is 4.